The molecular weight excluding hydrogens is 299 g/mol. The highest BCUT2D eigenvalue weighted by Gasteiger charge is 2.10. The van der Waals surface area contributed by atoms with Gasteiger partial charge in [-0.25, -0.2) is 22.8 Å². The van der Waals surface area contributed by atoms with E-state index in [1.165, 1.54) is 18.5 Å². The molecule has 0 fully saturated rings. The number of rotatable bonds is 5. The first-order valence-electron chi connectivity index (χ1n) is 6.00. The van der Waals surface area contributed by atoms with Gasteiger partial charge in [0.15, 0.2) is 0 Å². The molecule has 0 aliphatic rings. The number of carbonyl (C=O) groups excluding carboxylic acids is 1. The van der Waals surface area contributed by atoms with Crippen LogP contribution in [0.3, 0.4) is 0 Å². The molecule has 0 atom stereocenters. The number of anilines is 1. The molecule has 0 spiro atoms. The molecule has 2 N–H and O–H groups in total. The second-order valence-corrected chi connectivity index (χ2v) is 6.08. The van der Waals surface area contributed by atoms with Crippen LogP contribution in [0, 0.1) is 5.82 Å². The second-order valence-electron chi connectivity index (χ2n) is 4.33. The van der Waals surface area contributed by atoms with E-state index in [9.17, 15) is 17.6 Å². The van der Waals surface area contributed by atoms with Crippen molar-refractivity contribution < 1.29 is 17.6 Å². The fourth-order valence-corrected chi connectivity index (χ4v) is 2.26. The van der Waals surface area contributed by atoms with Gasteiger partial charge in [0.1, 0.15) is 23.5 Å². The largest absolute Gasteiger partial charge is 0.369 e. The van der Waals surface area contributed by atoms with Gasteiger partial charge in [0.25, 0.3) is 0 Å². The highest BCUT2D eigenvalue weighted by atomic mass is 32.2. The van der Waals surface area contributed by atoms with Crippen molar-refractivity contribution in [1.82, 2.24) is 14.7 Å². The van der Waals surface area contributed by atoms with Gasteiger partial charge in [0, 0.05) is 18.4 Å². The van der Waals surface area contributed by atoms with Crippen LogP contribution in [-0.2, 0) is 14.8 Å². The lowest BCUT2D eigenvalue weighted by Crippen LogP contribution is -2.30. The first-order chi connectivity index (χ1) is 9.87. The maximum Gasteiger partial charge on any atom is 0.235 e. The molecule has 9 heteroatoms. The Kier molecular flexibility index (Phi) is 4.32. The molecule has 1 heterocycles. The monoisotopic (exact) mass is 312 g/mol. The number of sulfonamides is 1. The van der Waals surface area contributed by atoms with Crippen molar-refractivity contribution in [1.29, 1.82) is 0 Å². The Labute approximate surface area is 120 Å². The molecule has 1 aromatic carbocycles. The van der Waals surface area contributed by atoms with E-state index in [-0.39, 0.29) is 18.5 Å². The smallest absolute Gasteiger partial charge is 0.235 e. The fraction of sp³-hybridized carbons (Fsp3) is 0.250. The van der Waals surface area contributed by atoms with Crippen LogP contribution < -0.4 is 10.0 Å². The Balaban J connectivity index is 2.05. The van der Waals surface area contributed by atoms with Crippen LogP contribution in [0.4, 0.5) is 10.2 Å². The molecule has 7 nitrogen and oxygen atoms in total. The van der Waals surface area contributed by atoms with E-state index >= 15 is 0 Å². The van der Waals surface area contributed by atoms with Crippen molar-refractivity contribution in [2.24, 2.45) is 0 Å². The minimum atomic E-state index is -3.56. The zero-order chi connectivity index (χ0) is 15.5. The van der Waals surface area contributed by atoms with Crippen molar-refractivity contribution in [3.05, 3.63) is 30.3 Å². The average Bonchev–Trinajstić information content (AvgIpc) is 2.37. The predicted molar refractivity (Wildman–Crippen MR) is 75.6 cm³/mol. The van der Waals surface area contributed by atoms with Gasteiger partial charge >= 0.3 is 0 Å². The summed E-state index contributed by atoms with van der Waals surface area (Å²) in [5.74, 6) is -0.714. The summed E-state index contributed by atoms with van der Waals surface area (Å²) in [5.41, 5.74) is 0.176. The summed E-state index contributed by atoms with van der Waals surface area (Å²) in [4.78, 5) is 19.2. The number of nitrogens with one attached hydrogen (secondary N) is 2. The van der Waals surface area contributed by atoms with Crippen molar-refractivity contribution in [3.63, 3.8) is 0 Å². The zero-order valence-electron chi connectivity index (χ0n) is 11.1. The number of hydrogen-bond donors (Lipinski definition) is 2. The molecule has 2 aromatic rings. The molecular formula is C12H13FN4O3S. The number of amides is 1. The summed E-state index contributed by atoms with van der Waals surface area (Å²) < 4.78 is 37.2. The van der Waals surface area contributed by atoms with Gasteiger partial charge < -0.3 is 5.32 Å². The molecule has 1 amide bonds. The zero-order valence-corrected chi connectivity index (χ0v) is 11.9. The van der Waals surface area contributed by atoms with Crippen LogP contribution in [-0.4, -0.2) is 37.1 Å². The Morgan fingerprint density at radius 2 is 2.10 bits per heavy atom. The van der Waals surface area contributed by atoms with E-state index in [2.05, 4.69) is 15.3 Å². The van der Waals surface area contributed by atoms with Gasteiger partial charge in [0.05, 0.1) is 6.26 Å². The molecule has 21 heavy (non-hydrogen) atoms. The van der Waals surface area contributed by atoms with Gasteiger partial charge in [-0.1, -0.05) is 6.07 Å². The first-order valence-corrected chi connectivity index (χ1v) is 7.89. The average molecular weight is 312 g/mol. The summed E-state index contributed by atoms with van der Waals surface area (Å²) in [6.45, 7) is 0.157. The summed E-state index contributed by atoms with van der Waals surface area (Å²) in [6, 6.07) is 4.47. The Bertz CT molecular complexity index is 779. The minimum Gasteiger partial charge on any atom is -0.369 e. The molecule has 112 valence electrons. The summed E-state index contributed by atoms with van der Waals surface area (Å²) >= 11 is 0. The van der Waals surface area contributed by atoms with E-state index in [1.54, 1.807) is 6.07 Å². The first kappa shape index (κ1) is 15.1. The highest BCUT2D eigenvalue weighted by molar-refractivity contribution is 7.89. The molecule has 0 radical (unpaired) electrons. The normalized spacial score (nSPS) is 11.3. The molecule has 2 rings (SSSR count). The van der Waals surface area contributed by atoms with E-state index in [4.69, 9.17) is 0 Å². The summed E-state index contributed by atoms with van der Waals surface area (Å²) in [6.07, 6.45) is 2.05. The van der Waals surface area contributed by atoms with Crippen molar-refractivity contribution in [3.8, 4) is 0 Å². The molecule has 0 saturated carbocycles. The molecule has 0 saturated heterocycles. The lowest BCUT2D eigenvalue weighted by atomic mass is 10.2. The van der Waals surface area contributed by atoms with Crippen LogP contribution in [0.15, 0.2) is 24.5 Å². The van der Waals surface area contributed by atoms with Gasteiger partial charge in [-0.15, -0.1) is 0 Å². The number of carbonyl (C=O) groups is 1. The summed E-state index contributed by atoms with van der Waals surface area (Å²) in [5, 5.41) is 3.35. The number of fused-ring (bicyclic) bond motifs is 1. The third kappa shape index (κ3) is 4.09. The lowest BCUT2D eigenvalue weighted by molar-refractivity contribution is -0.119. The minimum absolute atomic E-state index is 0.0616. The fourth-order valence-electron chi connectivity index (χ4n) is 1.74. The van der Waals surface area contributed by atoms with Gasteiger partial charge in [0.2, 0.25) is 15.9 Å². The van der Waals surface area contributed by atoms with Crippen LogP contribution >= 0.6 is 0 Å². The van der Waals surface area contributed by atoms with Gasteiger partial charge in [-0.3, -0.25) is 9.52 Å². The molecule has 1 aromatic heterocycles. The van der Waals surface area contributed by atoms with E-state index < -0.39 is 21.7 Å². The SMILES string of the molecule is CS(=O)(=O)NC(=O)CCNc1ncnc2c(F)cccc12. The van der Waals surface area contributed by atoms with E-state index in [0.717, 1.165) is 6.26 Å². The number of hydrogen-bond acceptors (Lipinski definition) is 6. The number of benzene rings is 1. The lowest BCUT2D eigenvalue weighted by Gasteiger charge is -2.08. The molecule has 0 aliphatic heterocycles. The van der Waals surface area contributed by atoms with Gasteiger partial charge in [-0.05, 0) is 12.1 Å². The third-order valence-electron chi connectivity index (χ3n) is 2.56. The highest BCUT2D eigenvalue weighted by Crippen LogP contribution is 2.20. The standard InChI is InChI=1S/C12H13FN4O3S/c1-21(19,20)17-10(18)5-6-14-12-8-3-2-4-9(13)11(8)15-7-16-12/h2-4,7H,5-6H2,1H3,(H,17,18)(H,14,15,16). The number of halogens is 1. The number of aromatic nitrogens is 2. The van der Waals surface area contributed by atoms with E-state index in [1.807, 2.05) is 4.72 Å². The molecule has 0 unspecified atom stereocenters. The van der Waals surface area contributed by atoms with Crippen LogP contribution in [0.5, 0.6) is 0 Å². The van der Waals surface area contributed by atoms with Crippen LogP contribution in [0.25, 0.3) is 10.9 Å². The van der Waals surface area contributed by atoms with Crippen molar-refractivity contribution in [2.75, 3.05) is 18.1 Å². The van der Waals surface area contributed by atoms with Crippen LogP contribution in [0.1, 0.15) is 6.42 Å². The quantitative estimate of drug-likeness (QED) is 0.840. The number of nitrogens with zero attached hydrogens (tertiary/aromatic N) is 2. The maximum absolute atomic E-state index is 13.6. The topological polar surface area (TPSA) is 101 Å². The van der Waals surface area contributed by atoms with Gasteiger partial charge in [-0.2, -0.15) is 0 Å². The Morgan fingerprint density at radius 3 is 2.81 bits per heavy atom. The Hall–Kier alpha value is -2.29. The summed E-state index contributed by atoms with van der Waals surface area (Å²) in [7, 11) is -3.56. The maximum atomic E-state index is 13.6. The molecule has 0 bridgehead atoms. The third-order valence-corrected chi connectivity index (χ3v) is 3.16. The van der Waals surface area contributed by atoms with Crippen molar-refractivity contribution in [2.45, 2.75) is 6.42 Å². The van der Waals surface area contributed by atoms with Crippen LogP contribution in [0.2, 0.25) is 0 Å². The Morgan fingerprint density at radius 1 is 1.33 bits per heavy atom. The molecule has 0 aliphatic carbocycles. The number of para-hydroxylation sites is 1. The predicted octanol–water partition coefficient (Wildman–Crippen LogP) is 0.647. The van der Waals surface area contributed by atoms with Crippen molar-refractivity contribution >= 4 is 32.7 Å². The van der Waals surface area contributed by atoms with E-state index in [0.29, 0.717) is 11.2 Å². The second kappa shape index (κ2) is 6.00.